The van der Waals surface area contributed by atoms with Crippen molar-refractivity contribution in [1.29, 1.82) is 0 Å². The van der Waals surface area contributed by atoms with Crippen LogP contribution in [0, 0.1) is 0 Å². The van der Waals surface area contributed by atoms with Crippen LogP contribution in [0.4, 0.5) is 5.69 Å². The number of rotatable bonds is 6. The Balaban J connectivity index is 1.86. The molecule has 0 aliphatic carbocycles. The van der Waals surface area contributed by atoms with Crippen LogP contribution in [0.3, 0.4) is 0 Å². The van der Waals surface area contributed by atoms with E-state index in [1.165, 1.54) is 11.1 Å². The van der Waals surface area contributed by atoms with Crippen LogP contribution in [-0.2, 0) is 13.1 Å². The molecule has 0 aliphatic rings. The highest BCUT2D eigenvalue weighted by Gasteiger charge is 2.08. The Bertz CT molecular complexity index is 694. The number of aldehydes is 1. The van der Waals surface area contributed by atoms with Crippen molar-refractivity contribution in [2.24, 2.45) is 0 Å². The zero-order valence-electron chi connectivity index (χ0n) is 12.9. The third kappa shape index (κ3) is 4.07. The number of carbonyl (C=O) groups excluding carboxylic acids is 1. The second-order valence-corrected chi connectivity index (χ2v) is 5.54. The fraction of sp³-hybridized carbons (Fsp3) is 0.0952. The van der Waals surface area contributed by atoms with Crippen molar-refractivity contribution >= 4 is 12.0 Å². The molecule has 0 atom stereocenters. The second-order valence-electron chi connectivity index (χ2n) is 5.54. The quantitative estimate of drug-likeness (QED) is 0.615. The molecule has 0 N–H and O–H groups in total. The molecule has 0 spiro atoms. The number of hydrogen-bond acceptors (Lipinski definition) is 2. The lowest BCUT2D eigenvalue weighted by molar-refractivity contribution is 0.112. The molecule has 0 aromatic heterocycles. The van der Waals surface area contributed by atoms with Gasteiger partial charge in [-0.1, -0.05) is 60.7 Å². The summed E-state index contributed by atoms with van der Waals surface area (Å²) in [6.07, 6.45) is 0.877. The molecule has 0 fully saturated rings. The summed E-state index contributed by atoms with van der Waals surface area (Å²) in [6, 6.07) is 28.6. The molecule has 0 saturated heterocycles. The fourth-order valence-electron chi connectivity index (χ4n) is 2.61. The Kier molecular flexibility index (Phi) is 4.85. The second kappa shape index (κ2) is 7.41. The minimum absolute atomic E-state index is 0.702. The van der Waals surface area contributed by atoms with E-state index in [0.717, 1.165) is 25.1 Å². The molecular weight excluding hydrogens is 282 g/mol. The van der Waals surface area contributed by atoms with Crippen LogP contribution in [0.25, 0.3) is 0 Å². The van der Waals surface area contributed by atoms with Gasteiger partial charge in [-0.2, -0.15) is 0 Å². The van der Waals surface area contributed by atoms with E-state index < -0.39 is 0 Å². The molecule has 0 unspecified atom stereocenters. The monoisotopic (exact) mass is 301 g/mol. The zero-order valence-corrected chi connectivity index (χ0v) is 12.9. The molecule has 23 heavy (non-hydrogen) atoms. The Morgan fingerprint density at radius 2 is 1.13 bits per heavy atom. The average molecular weight is 301 g/mol. The summed E-state index contributed by atoms with van der Waals surface area (Å²) in [5.74, 6) is 0. The molecule has 3 aromatic carbocycles. The van der Waals surface area contributed by atoms with E-state index in [-0.39, 0.29) is 0 Å². The summed E-state index contributed by atoms with van der Waals surface area (Å²) in [5.41, 5.74) is 4.35. The Morgan fingerprint density at radius 3 is 1.57 bits per heavy atom. The smallest absolute Gasteiger partial charge is 0.150 e. The van der Waals surface area contributed by atoms with E-state index in [9.17, 15) is 4.79 Å². The topological polar surface area (TPSA) is 20.3 Å². The molecule has 0 heterocycles. The lowest BCUT2D eigenvalue weighted by Gasteiger charge is -2.25. The predicted molar refractivity (Wildman–Crippen MR) is 94.6 cm³/mol. The van der Waals surface area contributed by atoms with Crippen molar-refractivity contribution < 1.29 is 4.79 Å². The summed E-state index contributed by atoms with van der Waals surface area (Å²) < 4.78 is 0. The van der Waals surface area contributed by atoms with E-state index in [0.29, 0.717) is 5.56 Å². The van der Waals surface area contributed by atoms with Gasteiger partial charge in [0, 0.05) is 24.3 Å². The summed E-state index contributed by atoms with van der Waals surface area (Å²) in [5, 5.41) is 0. The lowest BCUT2D eigenvalue weighted by atomic mass is 10.1. The first-order valence-electron chi connectivity index (χ1n) is 7.73. The number of anilines is 1. The molecule has 114 valence electrons. The van der Waals surface area contributed by atoms with Gasteiger partial charge in [0.25, 0.3) is 0 Å². The highest BCUT2D eigenvalue weighted by Crippen LogP contribution is 2.20. The van der Waals surface area contributed by atoms with Crippen molar-refractivity contribution in [3.63, 3.8) is 0 Å². The van der Waals surface area contributed by atoms with Crippen LogP contribution in [0.5, 0.6) is 0 Å². The van der Waals surface area contributed by atoms with Gasteiger partial charge in [-0.25, -0.2) is 0 Å². The molecule has 0 radical (unpaired) electrons. The molecule has 3 rings (SSSR count). The molecule has 0 saturated carbocycles. The summed E-state index contributed by atoms with van der Waals surface area (Å²) in [4.78, 5) is 13.2. The van der Waals surface area contributed by atoms with Gasteiger partial charge in [-0.05, 0) is 35.4 Å². The standard InChI is InChI=1S/C21H19NO/c23-17-20-11-13-21(14-12-20)22(15-18-7-3-1-4-8-18)16-19-9-5-2-6-10-19/h1-14,17H,15-16H2. The fourth-order valence-corrected chi connectivity index (χ4v) is 2.61. The van der Waals surface area contributed by atoms with Gasteiger partial charge in [0.2, 0.25) is 0 Å². The molecule has 0 aliphatic heterocycles. The first kappa shape index (κ1) is 15.0. The summed E-state index contributed by atoms with van der Waals surface area (Å²) in [6.45, 7) is 1.66. The van der Waals surface area contributed by atoms with Crippen LogP contribution in [0.1, 0.15) is 21.5 Å². The largest absolute Gasteiger partial charge is 0.363 e. The predicted octanol–water partition coefficient (Wildman–Crippen LogP) is 4.71. The van der Waals surface area contributed by atoms with Crippen molar-refractivity contribution in [2.45, 2.75) is 13.1 Å². The lowest BCUT2D eigenvalue weighted by Crippen LogP contribution is -2.22. The molecule has 2 nitrogen and oxygen atoms in total. The van der Waals surface area contributed by atoms with Crippen LogP contribution < -0.4 is 4.90 Å². The highest BCUT2D eigenvalue weighted by molar-refractivity contribution is 5.75. The molecular formula is C21H19NO. The van der Waals surface area contributed by atoms with E-state index >= 15 is 0 Å². The minimum atomic E-state index is 0.702. The SMILES string of the molecule is O=Cc1ccc(N(Cc2ccccc2)Cc2ccccc2)cc1. The number of carbonyl (C=O) groups is 1. The van der Waals surface area contributed by atoms with Gasteiger partial charge in [0.05, 0.1) is 0 Å². The number of hydrogen-bond donors (Lipinski definition) is 0. The molecule has 2 heteroatoms. The Morgan fingerprint density at radius 1 is 0.652 bits per heavy atom. The normalized spacial score (nSPS) is 10.3. The maximum atomic E-state index is 10.9. The first-order chi connectivity index (χ1) is 11.3. The summed E-state index contributed by atoms with van der Waals surface area (Å²) in [7, 11) is 0. The van der Waals surface area contributed by atoms with E-state index in [1.54, 1.807) is 0 Å². The van der Waals surface area contributed by atoms with E-state index in [4.69, 9.17) is 0 Å². The van der Waals surface area contributed by atoms with E-state index in [2.05, 4.69) is 53.4 Å². The molecule has 0 bridgehead atoms. The van der Waals surface area contributed by atoms with Crippen LogP contribution in [0.15, 0.2) is 84.9 Å². The highest BCUT2D eigenvalue weighted by atomic mass is 16.1. The number of nitrogens with zero attached hydrogens (tertiary/aromatic N) is 1. The maximum absolute atomic E-state index is 10.9. The van der Waals surface area contributed by atoms with Gasteiger partial charge in [0.15, 0.2) is 0 Å². The van der Waals surface area contributed by atoms with Gasteiger partial charge < -0.3 is 4.90 Å². The molecule has 3 aromatic rings. The summed E-state index contributed by atoms with van der Waals surface area (Å²) >= 11 is 0. The van der Waals surface area contributed by atoms with Gasteiger partial charge in [0.1, 0.15) is 6.29 Å². The third-order valence-corrected chi connectivity index (χ3v) is 3.83. The van der Waals surface area contributed by atoms with Crippen LogP contribution in [-0.4, -0.2) is 6.29 Å². The zero-order chi connectivity index (χ0) is 15.9. The van der Waals surface area contributed by atoms with Crippen molar-refractivity contribution in [3.8, 4) is 0 Å². The van der Waals surface area contributed by atoms with Crippen molar-refractivity contribution in [2.75, 3.05) is 4.90 Å². The van der Waals surface area contributed by atoms with Crippen LogP contribution in [0.2, 0.25) is 0 Å². The molecule has 0 amide bonds. The first-order valence-corrected chi connectivity index (χ1v) is 7.73. The minimum Gasteiger partial charge on any atom is -0.363 e. The van der Waals surface area contributed by atoms with Gasteiger partial charge in [-0.15, -0.1) is 0 Å². The van der Waals surface area contributed by atoms with E-state index in [1.807, 2.05) is 36.4 Å². The van der Waals surface area contributed by atoms with Crippen LogP contribution >= 0.6 is 0 Å². The van der Waals surface area contributed by atoms with Gasteiger partial charge in [-0.3, -0.25) is 4.79 Å². The third-order valence-electron chi connectivity index (χ3n) is 3.83. The average Bonchev–Trinajstić information content (AvgIpc) is 2.63. The Labute approximate surface area is 137 Å². The van der Waals surface area contributed by atoms with Gasteiger partial charge >= 0.3 is 0 Å². The van der Waals surface area contributed by atoms with Crippen molar-refractivity contribution in [1.82, 2.24) is 0 Å². The van der Waals surface area contributed by atoms with Crippen molar-refractivity contribution in [3.05, 3.63) is 102 Å². The Hall–Kier alpha value is -2.87. The number of benzene rings is 3. The maximum Gasteiger partial charge on any atom is 0.150 e.